The molecule has 0 spiro atoms. The Morgan fingerprint density at radius 3 is 2.90 bits per heavy atom. The maximum Gasteiger partial charge on any atom is 0.194 e. The summed E-state index contributed by atoms with van der Waals surface area (Å²) in [6.07, 6.45) is 0.542. The van der Waals surface area contributed by atoms with E-state index >= 15 is 0 Å². The van der Waals surface area contributed by atoms with Crippen LogP contribution in [0.15, 0.2) is 34.9 Å². The van der Waals surface area contributed by atoms with E-state index in [1.165, 1.54) is 12.1 Å². The first-order valence-electron chi connectivity index (χ1n) is 6.88. The smallest absolute Gasteiger partial charge is 0.194 e. The molecule has 5 nitrogen and oxygen atoms in total. The van der Waals surface area contributed by atoms with E-state index in [1.54, 1.807) is 18.2 Å². The van der Waals surface area contributed by atoms with Crippen LogP contribution in [-0.4, -0.2) is 29.3 Å². The van der Waals surface area contributed by atoms with Crippen molar-refractivity contribution in [3.8, 4) is 11.3 Å². The number of benzene rings is 1. The third kappa shape index (κ3) is 2.07. The van der Waals surface area contributed by atoms with E-state index in [0.29, 0.717) is 30.9 Å². The van der Waals surface area contributed by atoms with E-state index in [1.807, 2.05) is 0 Å². The van der Waals surface area contributed by atoms with Gasteiger partial charge in [-0.1, -0.05) is 5.16 Å². The fourth-order valence-electron chi connectivity index (χ4n) is 2.82. The highest BCUT2D eigenvalue weighted by Crippen LogP contribution is 2.42. The zero-order valence-corrected chi connectivity index (χ0v) is 11.2. The molecule has 110 valence electrons. The fourth-order valence-corrected chi connectivity index (χ4v) is 2.82. The molecule has 2 saturated heterocycles. The minimum absolute atomic E-state index is 0.0507. The standard InChI is InChI=1S/C15H14FNO4/c16-10-3-1-9(2-4-10)12-7-13(21-17-12)15(18)6-5-11-8-19-14(15)20-11/h1-4,7,11,14,18H,5-6,8H2/t11-,14-,15-/m0/s1. The second-order valence-electron chi connectivity index (χ2n) is 5.47. The van der Waals surface area contributed by atoms with Crippen molar-refractivity contribution in [2.45, 2.75) is 30.8 Å². The van der Waals surface area contributed by atoms with Crippen molar-refractivity contribution >= 4 is 0 Å². The van der Waals surface area contributed by atoms with Crippen molar-refractivity contribution in [3.63, 3.8) is 0 Å². The average molecular weight is 291 g/mol. The van der Waals surface area contributed by atoms with E-state index in [9.17, 15) is 9.50 Å². The summed E-state index contributed by atoms with van der Waals surface area (Å²) in [5.41, 5.74) is -0.0614. The number of hydrogen-bond acceptors (Lipinski definition) is 5. The third-order valence-corrected chi connectivity index (χ3v) is 4.06. The number of aliphatic hydroxyl groups is 1. The summed E-state index contributed by atoms with van der Waals surface area (Å²) in [6.45, 7) is 0.492. The molecule has 0 amide bonds. The van der Waals surface area contributed by atoms with Crippen LogP contribution in [0.4, 0.5) is 4.39 Å². The SMILES string of the molecule is O[C@]1(c2cc(-c3ccc(F)cc3)no2)CC[C@H]2CO[C@H]1O2. The van der Waals surface area contributed by atoms with Crippen molar-refractivity contribution in [1.82, 2.24) is 5.16 Å². The average Bonchev–Trinajstić information content (AvgIpc) is 3.13. The highest BCUT2D eigenvalue weighted by atomic mass is 19.1. The predicted molar refractivity (Wildman–Crippen MR) is 69.6 cm³/mol. The number of hydrogen-bond donors (Lipinski definition) is 1. The number of nitrogens with zero attached hydrogens (tertiary/aromatic N) is 1. The van der Waals surface area contributed by atoms with Crippen LogP contribution in [0.5, 0.6) is 0 Å². The lowest BCUT2D eigenvalue weighted by atomic mass is 9.90. The first-order chi connectivity index (χ1) is 10.1. The van der Waals surface area contributed by atoms with E-state index in [2.05, 4.69) is 5.16 Å². The number of halogens is 1. The number of aromatic nitrogens is 1. The van der Waals surface area contributed by atoms with Crippen LogP contribution in [0.2, 0.25) is 0 Å². The Morgan fingerprint density at radius 2 is 2.10 bits per heavy atom. The molecule has 0 unspecified atom stereocenters. The van der Waals surface area contributed by atoms with Crippen molar-refractivity contribution in [1.29, 1.82) is 0 Å². The molecule has 0 aliphatic carbocycles. The summed E-state index contributed by atoms with van der Waals surface area (Å²) in [6, 6.07) is 7.58. The van der Waals surface area contributed by atoms with E-state index in [-0.39, 0.29) is 11.9 Å². The largest absolute Gasteiger partial charge is 0.377 e. The van der Waals surface area contributed by atoms with Gasteiger partial charge in [0.2, 0.25) is 0 Å². The molecule has 2 aliphatic heterocycles. The van der Waals surface area contributed by atoms with Crippen LogP contribution in [0, 0.1) is 5.82 Å². The number of fused-ring (bicyclic) bond motifs is 2. The normalized spacial score (nSPS) is 31.5. The molecule has 1 aromatic heterocycles. The zero-order valence-electron chi connectivity index (χ0n) is 11.2. The molecule has 2 aliphatic rings. The monoisotopic (exact) mass is 291 g/mol. The van der Waals surface area contributed by atoms with E-state index < -0.39 is 11.9 Å². The Morgan fingerprint density at radius 1 is 1.29 bits per heavy atom. The Kier molecular flexibility index (Phi) is 2.85. The van der Waals surface area contributed by atoms with Gasteiger partial charge in [0.15, 0.2) is 17.7 Å². The second kappa shape index (κ2) is 4.62. The van der Waals surface area contributed by atoms with E-state index in [0.717, 1.165) is 5.56 Å². The third-order valence-electron chi connectivity index (χ3n) is 4.06. The highest BCUT2D eigenvalue weighted by Gasteiger charge is 2.51. The van der Waals surface area contributed by atoms with Gasteiger partial charge in [0, 0.05) is 11.6 Å². The van der Waals surface area contributed by atoms with Gasteiger partial charge in [0.05, 0.1) is 12.7 Å². The summed E-state index contributed by atoms with van der Waals surface area (Å²) in [7, 11) is 0. The lowest BCUT2D eigenvalue weighted by Crippen LogP contribution is -2.43. The molecule has 6 heteroatoms. The molecule has 0 saturated carbocycles. The van der Waals surface area contributed by atoms with Gasteiger partial charge in [0.1, 0.15) is 11.5 Å². The summed E-state index contributed by atoms with van der Waals surface area (Å²) >= 11 is 0. The van der Waals surface area contributed by atoms with E-state index in [4.69, 9.17) is 14.0 Å². The number of ether oxygens (including phenoxy) is 2. The quantitative estimate of drug-likeness (QED) is 0.919. The van der Waals surface area contributed by atoms with Crippen LogP contribution in [0.25, 0.3) is 11.3 Å². The predicted octanol–water partition coefficient (Wildman–Crippen LogP) is 2.20. The van der Waals surface area contributed by atoms with Gasteiger partial charge in [-0.3, -0.25) is 0 Å². The number of rotatable bonds is 2. The molecule has 1 N–H and O–H groups in total. The van der Waals surface area contributed by atoms with Crippen LogP contribution >= 0.6 is 0 Å². The Bertz CT molecular complexity index is 656. The maximum absolute atomic E-state index is 12.9. The fraction of sp³-hybridized carbons (Fsp3) is 0.400. The van der Waals surface area contributed by atoms with Gasteiger partial charge < -0.3 is 19.1 Å². The Labute approximate surface area is 120 Å². The first-order valence-corrected chi connectivity index (χ1v) is 6.88. The molecule has 0 radical (unpaired) electrons. The van der Waals surface area contributed by atoms with Crippen molar-refractivity contribution in [2.24, 2.45) is 0 Å². The van der Waals surface area contributed by atoms with Crippen molar-refractivity contribution < 1.29 is 23.5 Å². The lowest BCUT2D eigenvalue weighted by Gasteiger charge is -2.33. The van der Waals surface area contributed by atoms with Gasteiger partial charge in [0.25, 0.3) is 0 Å². The van der Waals surface area contributed by atoms with Crippen LogP contribution in [-0.2, 0) is 15.1 Å². The summed E-state index contributed by atoms with van der Waals surface area (Å²) in [5, 5.41) is 14.7. The second-order valence-corrected chi connectivity index (χ2v) is 5.47. The maximum atomic E-state index is 12.9. The van der Waals surface area contributed by atoms with Crippen LogP contribution in [0.3, 0.4) is 0 Å². The first kappa shape index (κ1) is 12.9. The van der Waals surface area contributed by atoms with Gasteiger partial charge in [-0.2, -0.15) is 0 Å². The van der Waals surface area contributed by atoms with Gasteiger partial charge in [-0.05, 0) is 37.1 Å². The summed E-state index contributed by atoms with van der Waals surface area (Å²) in [4.78, 5) is 0. The minimum atomic E-state index is -1.32. The lowest BCUT2D eigenvalue weighted by molar-refractivity contribution is -0.225. The molecular formula is C15H14FNO4. The van der Waals surface area contributed by atoms with Crippen LogP contribution in [0.1, 0.15) is 18.6 Å². The van der Waals surface area contributed by atoms with Gasteiger partial charge >= 0.3 is 0 Å². The Balaban J connectivity index is 1.66. The highest BCUT2D eigenvalue weighted by molar-refractivity contribution is 5.58. The summed E-state index contributed by atoms with van der Waals surface area (Å²) < 4.78 is 29.3. The molecule has 2 aromatic rings. The molecule has 2 bridgehead atoms. The molecule has 3 heterocycles. The molecule has 1 aromatic carbocycles. The van der Waals surface area contributed by atoms with Crippen molar-refractivity contribution in [2.75, 3.05) is 6.61 Å². The zero-order chi connectivity index (χ0) is 14.4. The van der Waals surface area contributed by atoms with Gasteiger partial charge in [-0.15, -0.1) is 0 Å². The molecular weight excluding hydrogens is 277 g/mol. The van der Waals surface area contributed by atoms with Crippen molar-refractivity contribution in [3.05, 3.63) is 41.9 Å². The Hall–Kier alpha value is -1.76. The summed E-state index contributed by atoms with van der Waals surface area (Å²) in [5.74, 6) is -0.000602. The molecule has 3 atom stereocenters. The molecule has 2 fully saturated rings. The molecule has 21 heavy (non-hydrogen) atoms. The topological polar surface area (TPSA) is 64.7 Å². The van der Waals surface area contributed by atoms with Gasteiger partial charge in [-0.25, -0.2) is 4.39 Å². The minimum Gasteiger partial charge on any atom is -0.377 e. The van der Waals surface area contributed by atoms with Crippen LogP contribution < -0.4 is 0 Å². The molecule has 4 rings (SSSR count).